The normalized spacial score (nSPS) is 11.3. The first kappa shape index (κ1) is 35.3. The maximum Gasteiger partial charge on any atom is 0.569 e. The van der Waals surface area contributed by atoms with E-state index >= 15 is 8.78 Å². The molecule has 0 bridgehead atoms. The smallest absolute Gasteiger partial charge is 0.537 e. The first-order valence-corrected chi connectivity index (χ1v) is 13.8. The van der Waals surface area contributed by atoms with Gasteiger partial charge in [0, 0.05) is 23.7 Å². The van der Waals surface area contributed by atoms with E-state index in [1.54, 1.807) is 0 Å². The lowest BCUT2D eigenvalue weighted by molar-refractivity contribution is -0.120. The Morgan fingerprint density at radius 3 is 1.89 bits per heavy atom. The predicted molar refractivity (Wildman–Crippen MR) is 165 cm³/mol. The summed E-state index contributed by atoms with van der Waals surface area (Å²) in [7, 11) is -3.26. The summed E-state index contributed by atoms with van der Waals surface area (Å²) < 4.78 is 55.3. The fourth-order valence-electron chi connectivity index (χ4n) is 4.77. The van der Waals surface area contributed by atoms with Crippen molar-refractivity contribution in [1.29, 1.82) is 0 Å². The number of amides is 1. The van der Waals surface area contributed by atoms with E-state index in [2.05, 4.69) is 0 Å². The average molecular weight is 647 g/mol. The summed E-state index contributed by atoms with van der Waals surface area (Å²) >= 11 is 0. The highest BCUT2D eigenvalue weighted by Crippen LogP contribution is 2.35. The molecule has 0 aromatic heterocycles. The lowest BCUT2D eigenvalue weighted by Gasteiger charge is -2.32. The molecule has 6 N–H and O–H groups in total. The van der Waals surface area contributed by atoms with Crippen LogP contribution in [-0.2, 0) is 11.2 Å². The zero-order valence-corrected chi connectivity index (χ0v) is 24.2. The molecular weight excluding hydrogens is 623 g/mol. The first-order chi connectivity index (χ1) is 22.4. The van der Waals surface area contributed by atoms with Gasteiger partial charge >= 0.3 is 29.6 Å². The summed E-state index contributed by atoms with van der Waals surface area (Å²) in [5.74, 6) is -5.38. The van der Waals surface area contributed by atoms with Gasteiger partial charge in [0.15, 0.2) is 5.78 Å². The number of Topliss-reactive ketones (excluding diaryl/α,β-unsaturated/α-hetero) is 1. The number of halogens is 3. The lowest BCUT2D eigenvalue weighted by Crippen LogP contribution is -2.41. The molecule has 4 aromatic rings. The van der Waals surface area contributed by atoms with Gasteiger partial charge in [-0.15, -0.1) is 0 Å². The van der Waals surface area contributed by atoms with E-state index in [-0.39, 0.29) is 40.1 Å². The number of carbonyl (C=O) groups is 2. The van der Waals surface area contributed by atoms with Gasteiger partial charge in [0.25, 0.3) is 5.91 Å². The minimum Gasteiger partial charge on any atom is -0.537 e. The number of nitrogens with zero attached hydrogens (tertiary/aromatic N) is 1. The monoisotopic (exact) mass is 647 g/mol. The van der Waals surface area contributed by atoms with Gasteiger partial charge in [0.05, 0.1) is 5.56 Å². The van der Waals surface area contributed by atoms with Crippen LogP contribution in [-0.4, -0.2) is 71.4 Å². The molecule has 0 heterocycles. The molecule has 0 spiro atoms. The number of hydrogen-bond donors (Lipinski definition) is 6. The van der Waals surface area contributed by atoms with Crippen molar-refractivity contribution in [2.75, 3.05) is 4.90 Å². The summed E-state index contributed by atoms with van der Waals surface area (Å²) in [5, 5.41) is 55.9. The van der Waals surface area contributed by atoms with Crippen LogP contribution in [0, 0.1) is 17.5 Å². The van der Waals surface area contributed by atoms with Crippen molar-refractivity contribution < 1.29 is 62.2 Å². The molecule has 1 amide bonds. The highest BCUT2D eigenvalue weighted by Gasteiger charge is 2.36. The van der Waals surface area contributed by atoms with Crippen LogP contribution < -0.4 is 25.1 Å². The quantitative estimate of drug-likeness (QED) is 0.101. The zero-order chi connectivity index (χ0) is 34.2. The van der Waals surface area contributed by atoms with E-state index in [1.165, 1.54) is 36.4 Å². The maximum absolute atomic E-state index is 15.6. The number of aryl methyl sites for hydroxylation is 1. The molecule has 0 saturated carbocycles. The van der Waals surface area contributed by atoms with Gasteiger partial charge in [-0.2, -0.15) is 0 Å². The molecule has 0 fully saturated rings. The van der Waals surface area contributed by atoms with Crippen LogP contribution in [0.5, 0.6) is 11.5 Å². The third-order valence-electron chi connectivity index (χ3n) is 7.08. The molecule has 1 atom stereocenters. The molecule has 11 nitrogen and oxygen atoms in total. The third-order valence-corrected chi connectivity index (χ3v) is 7.08. The van der Waals surface area contributed by atoms with E-state index in [0.29, 0.717) is 15.4 Å². The van der Waals surface area contributed by atoms with E-state index in [9.17, 15) is 34.1 Å². The van der Waals surface area contributed by atoms with Crippen LogP contribution in [0.4, 0.5) is 18.9 Å². The average Bonchev–Trinajstić information content (AvgIpc) is 3.04. The molecule has 0 aliphatic heterocycles. The molecular formula is C29H24B4F3NO10. The minimum absolute atomic E-state index is 0.0102. The van der Waals surface area contributed by atoms with Gasteiger partial charge in [-0.3, -0.25) is 14.5 Å². The summed E-state index contributed by atoms with van der Waals surface area (Å²) in [6, 6.07) is 12.2. The predicted octanol–water partition coefficient (Wildman–Crippen LogP) is -0.136. The van der Waals surface area contributed by atoms with E-state index in [4.69, 9.17) is 19.4 Å². The third kappa shape index (κ3) is 8.43. The van der Waals surface area contributed by atoms with Crippen molar-refractivity contribution in [1.82, 2.24) is 0 Å². The molecule has 238 valence electrons. The topological polar surface area (TPSA) is 177 Å². The summed E-state index contributed by atoms with van der Waals surface area (Å²) in [4.78, 5) is 29.0. The highest BCUT2D eigenvalue weighted by molar-refractivity contribution is 6.59. The van der Waals surface area contributed by atoms with Gasteiger partial charge in [-0.05, 0) is 71.4 Å². The van der Waals surface area contributed by atoms with Crippen LogP contribution in [0.1, 0.15) is 33.9 Å². The van der Waals surface area contributed by atoms with Gasteiger partial charge in [-0.1, -0.05) is 24.3 Å². The Bertz CT molecular complexity index is 1730. The van der Waals surface area contributed by atoms with Crippen LogP contribution in [0.25, 0.3) is 0 Å². The summed E-state index contributed by atoms with van der Waals surface area (Å²) in [6.07, 6.45) is -0.807. The number of benzene rings is 4. The standard InChI is InChI=1S/C29H24B4F3NO10/c34-24-11-9-20(46-30-40)14-23(24)28(27(38)12-2-16-1-3-18(33(44)45)13-25(16)35)37(19-6-4-17(5-7-19)32(42)43)29(39)22-10-8-21(47-31-41)15-26(22)36/h1,3-11,13-15,28,40-45H,2,12H2. The Morgan fingerprint density at radius 1 is 0.723 bits per heavy atom. The Balaban J connectivity index is 1.87. The van der Waals surface area contributed by atoms with E-state index < -0.39 is 67.0 Å². The van der Waals surface area contributed by atoms with Crippen LogP contribution in [0.2, 0.25) is 0 Å². The second-order valence-electron chi connectivity index (χ2n) is 10.0. The fourth-order valence-corrected chi connectivity index (χ4v) is 4.77. The van der Waals surface area contributed by atoms with Gasteiger partial charge < -0.3 is 39.5 Å². The number of ketones is 1. The van der Waals surface area contributed by atoms with Crippen molar-refractivity contribution >= 4 is 57.9 Å². The second-order valence-corrected chi connectivity index (χ2v) is 10.0. The number of anilines is 1. The Labute approximate surface area is 268 Å². The van der Waals surface area contributed by atoms with Crippen LogP contribution in [0.15, 0.2) is 78.9 Å². The second kappa shape index (κ2) is 15.8. The van der Waals surface area contributed by atoms with E-state index in [1.807, 2.05) is 0 Å². The summed E-state index contributed by atoms with van der Waals surface area (Å²) in [5.41, 5.74) is -1.35. The zero-order valence-electron chi connectivity index (χ0n) is 24.2. The molecule has 0 aliphatic carbocycles. The van der Waals surface area contributed by atoms with Crippen molar-refractivity contribution in [3.63, 3.8) is 0 Å². The Hall–Kier alpha value is -4.57. The van der Waals surface area contributed by atoms with Crippen LogP contribution >= 0.6 is 0 Å². The highest BCUT2D eigenvalue weighted by atomic mass is 19.1. The molecule has 0 aliphatic rings. The summed E-state index contributed by atoms with van der Waals surface area (Å²) in [6.45, 7) is 0. The molecule has 47 heavy (non-hydrogen) atoms. The molecule has 4 rings (SSSR count). The minimum atomic E-state index is -1.95. The first-order valence-electron chi connectivity index (χ1n) is 13.8. The molecule has 18 heteroatoms. The number of rotatable bonds is 14. The molecule has 0 saturated heterocycles. The van der Waals surface area contributed by atoms with Crippen molar-refractivity contribution in [3.05, 3.63) is 113 Å². The van der Waals surface area contributed by atoms with Crippen molar-refractivity contribution in [3.8, 4) is 11.5 Å². The Morgan fingerprint density at radius 2 is 1.32 bits per heavy atom. The van der Waals surface area contributed by atoms with Crippen LogP contribution in [0.3, 0.4) is 0 Å². The van der Waals surface area contributed by atoms with E-state index in [0.717, 1.165) is 47.4 Å². The lowest BCUT2D eigenvalue weighted by atomic mass is 9.79. The fraction of sp³-hybridized carbons (Fsp3) is 0.103. The molecule has 2 radical (unpaired) electrons. The number of carbonyl (C=O) groups excluding carboxylic acids is 2. The molecule has 4 aromatic carbocycles. The molecule has 1 unspecified atom stereocenters. The largest absolute Gasteiger partial charge is 0.569 e. The van der Waals surface area contributed by atoms with Gasteiger partial charge in [0.2, 0.25) is 0 Å². The van der Waals surface area contributed by atoms with Gasteiger partial charge in [0.1, 0.15) is 35.0 Å². The number of hydrogen-bond acceptors (Lipinski definition) is 10. The maximum atomic E-state index is 15.6. The van der Waals surface area contributed by atoms with Crippen molar-refractivity contribution in [2.24, 2.45) is 0 Å². The SMILES string of the molecule is O=C(CCc1ccc(B(O)O)cc1F)C(c1cc(O[B]O)ccc1F)N(C(=O)c1ccc(O[B]O)cc1F)c1ccc(B(O)O)cc1. The van der Waals surface area contributed by atoms with Crippen molar-refractivity contribution in [2.45, 2.75) is 18.9 Å². The van der Waals surface area contributed by atoms with Gasteiger partial charge in [-0.25, -0.2) is 13.2 Å². The Kier molecular flexibility index (Phi) is 11.9.